The minimum absolute atomic E-state index is 0.0193. The standard InChI is InChI=1S/C13H25NO3/c1-4-5-6-7-8-9-10-12(15)14(2)11-13(16)17-3/h4-11H2,1-3H3. The number of carbonyl (C=O) groups is 2. The molecule has 0 rings (SSSR count). The van der Waals surface area contributed by atoms with Gasteiger partial charge in [0, 0.05) is 13.5 Å². The largest absolute Gasteiger partial charge is 0.468 e. The number of hydrogen-bond donors (Lipinski definition) is 0. The van der Waals surface area contributed by atoms with E-state index >= 15 is 0 Å². The molecule has 0 fully saturated rings. The zero-order valence-electron chi connectivity index (χ0n) is 11.3. The van der Waals surface area contributed by atoms with Gasteiger partial charge in [-0.05, 0) is 6.42 Å². The molecule has 0 radical (unpaired) electrons. The third kappa shape index (κ3) is 8.72. The molecule has 4 nitrogen and oxygen atoms in total. The normalized spacial score (nSPS) is 10.1. The highest BCUT2D eigenvalue weighted by Gasteiger charge is 2.12. The monoisotopic (exact) mass is 243 g/mol. The summed E-state index contributed by atoms with van der Waals surface area (Å²) in [7, 11) is 2.96. The number of esters is 1. The molecule has 0 aliphatic heterocycles. The third-order valence-electron chi connectivity index (χ3n) is 2.76. The minimum Gasteiger partial charge on any atom is -0.468 e. The van der Waals surface area contributed by atoms with E-state index in [0.29, 0.717) is 6.42 Å². The highest BCUT2D eigenvalue weighted by molar-refractivity contribution is 5.81. The maximum atomic E-state index is 11.6. The van der Waals surface area contributed by atoms with E-state index in [1.54, 1.807) is 7.05 Å². The molecule has 0 aliphatic rings. The zero-order valence-corrected chi connectivity index (χ0v) is 11.3. The van der Waals surface area contributed by atoms with Crippen LogP contribution in [0, 0.1) is 0 Å². The molecule has 4 heteroatoms. The second-order valence-electron chi connectivity index (χ2n) is 4.34. The van der Waals surface area contributed by atoms with Crippen molar-refractivity contribution in [1.29, 1.82) is 0 Å². The molecule has 0 heterocycles. The fourth-order valence-corrected chi connectivity index (χ4v) is 1.59. The smallest absolute Gasteiger partial charge is 0.325 e. The summed E-state index contributed by atoms with van der Waals surface area (Å²) < 4.78 is 4.51. The zero-order chi connectivity index (χ0) is 13.1. The molecule has 0 aromatic rings. The van der Waals surface area contributed by atoms with Gasteiger partial charge in [-0.3, -0.25) is 9.59 Å². The Hall–Kier alpha value is -1.06. The van der Waals surface area contributed by atoms with Crippen molar-refractivity contribution in [1.82, 2.24) is 4.90 Å². The average molecular weight is 243 g/mol. The fraction of sp³-hybridized carbons (Fsp3) is 0.846. The van der Waals surface area contributed by atoms with Crippen LogP contribution in [0.15, 0.2) is 0 Å². The van der Waals surface area contributed by atoms with Crippen LogP contribution in [0.4, 0.5) is 0 Å². The lowest BCUT2D eigenvalue weighted by Crippen LogP contribution is -2.32. The van der Waals surface area contributed by atoms with Gasteiger partial charge < -0.3 is 9.64 Å². The van der Waals surface area contributed by atoms with Crippen LogP contribution in [-0.4, -0.2) is 37.5 Å². The number of carbonyl (C=O) groups excluding carboxylic acids is 2. The SMILES string of the molecule is CCCCCCCCC(=O)N(C)CC(=O)OC. The van der Waals surface area contributed by atoms with Crippen LogP contribution in [0.1, 0.15) is 51.9 Å². The Labute approximate surface area is 104 Å². The first-order valence-corrected chi connectivity index (χ1v) is 6.42. The lowest BCUT2D eigenvalue weighted by molar-refractivity contribution is -0.146. The average Bonchev–Trinajstić information content (AvgIpc) is 2.32. The van der Waals surface area contributed by atoms with E-state index < -0.39 is 0 Å². The molecule has 17 heavy (non-hydrogen) atoms. The lowest BCUT2D eigenvalue weighted by Gasteiger charge is -2.15. The highest BCUT2D eigenvalue weighted by atomic mass is 16.5. The Balaban J connectivity index is 3.54. The molecule has 0 N–H and O–H groups in total. The van der Waals surface area contributed by atoms with Crippen molar-refractivity contribution in [2.24, 2.45) is 0 Å². The molecule has 1 amide bonds. The molecule has 0 atom stereocenters. The van der Waals surface area contributed by atoms with E-state index in [2.05, 4.69) is 11.7 Å². The third-order valence-corrected chi connectivity index (χ3v) is 2.76. The Kier molecular flexibility index (Phi) is 9.49. The van der Waals surface area contributed by atoms with Crippen LogP contribution in [0.5, 0.6) is 0 Å². The molecular formula is C13H25NO3. The number of nitrogens with zero attached hydrogens (tertiary/aromatic N) is 1. The van der Waals surface area contributed by atoms with E-state index in [9.17, 15) is 9.59 Å². The quantitative estimate of drug-likeness (QED) is 0.461. The van der Waals surface area contributed by atoms with Crippen LogP contribution in [0.3, 0.4) is 0 Å². The molecule has 0 aromatic heterocycles. The fourth-order valence-electron chi connectivity index (χ4n) is 1.59. The maximum absolute atomic E-state index is 11.6. The minimum atomic E-state index is -0.371. The van der Waals surface area contributed by atoms with Gasteiger partial charge in [0.05, 0.1) is 7.11 Å². The summed E-state index contributed by atoms with van der Waals surface area (Å²) in [5.74, 6) is -0.352. The van der Waals surface area contributed by atoms with Crippen molar-refractivity contribution in [3.8, 4) is 0 Å². The number of unbranched alkanes of at least 4 members (excludes halogenated alkanes) is 5. The second kappa shape index (κ2) is 10.1. The number of ether oxygens (including phenoxy) is 1. The van der Waals surface area contributed by atoms with Gasteiger partial charge in [0.2, 0.25) is 5.91 Å². The first-order valence-electron chi connectivity index (χ1n) is 6.42. The summed E-state index contributed by atoms with van der Waals surface area (Å²) in [6, 6.07) is 0. The number of methoxy groups -OCH3 is 1. The van der Waals surface area contributed by atoms with E-state index in [1.165, 1.54) is 37.7 Å². The van der Waals surface area contributed by atoms with Crippen molar-refractivity contribution < 1.29 is 14.3 Å². The van der Waals surface area contributed by atoms with E-state index in [1.807, 2.05) is 0 Å². The van der Waals surface area contributed by atoms with Crippen LogP contribution in [-0.2, 0) is 14.3 Å². The van der Waals surface area contributed by atoms with E-state index in [4.69, 9.17) is 0 Å². The topological polar surface area (TPSA) is 46.6 Å². The summed E-state index contributed by atoms with van der Waals surface area (Å²) in [5, 5.41) is 0. The van der Waals surface area contributed by atoms with Crippen LogP contribution in [0.25, 0.3) is 0 Å². The van der Waals surface area contributed by atoms with Crippen LogP contribution >= 0.6 is 0 Å². The summed E-state index contributed by atoms with van der Waals surface area (Å²) in [5.41, 5.74) is 0. The molecule has 0 aliphatic carbocycles. The summed E-state index contributed by atoms with van der Waals surface area (Å²) >= 11 is 0. The van der Waals surface area contributed by atoms with Gasteiger partial charge in [-0.2, -0.15) is 0 Å². The Morgan fingerprint density at radius 2 is 1.65 bits per heavy atom. The first-order chi connectivity index (χ1) is 8.11. The van der Waals surface area contributed by atoms with Gasteiger partial charge in [-0.25, -0.2) is 0 Å². The van der Waals surface area contributed by atoms with Gasteiger partial charge in [0.15, 0.2) is 0 Å². The van der Waals surface area contributed by atoms with Crippen molar-refractivity contribution in [3.05, 3.63) is 0 Å². The molecule has 0 saturated carbocycles. The van der Waals surface area contributed by atoms with Gasteiger partial charge in [0.25, 0.3) is 0 Å². The Morgan fingerprint density at radius 1 is 1.06 bits per heavy atom. The summed E-state index contributed by atoms with van der Waals surface area (Å²) in [4.78, 5) is 24.0. The highest BCUT2D eigenvalue weighted by Crippen LogP contribution is 2.07. The van der Waals surface area contributed by atoms with Gasteiger partial charge in [-0.1, -0.05) is 39.0 Å². The number of likely N-dealkylation sites (N-methyl/N-ethyl adjacent to an activating group) is 1. The molecule has 0 bridgehead atoms. The molecule has 0 saturated heterocycles. The Morgan fingerprint density at radius 3 is 2.24 bits per heavy atom. The van der Waals surface area contributed by atoms with Crippen LogP contribution in [0.2, 0.25) is 0 Å². The van der Waals surface area contributed by atoms with Crippen molar-refractivity contribution in [2.75, 3.05) is 20.7 Å². The van der Waals surface area contributed by atoms with Crippen molar-refractivity contribution in [2.45, 2.75) is 51.9 Å². The van der Waals surface area contributed by atoms with Gasteiger partial charge in [0.1, 0.15) is 6.54 Å². The molecular weight excluding hydrogens is 218 g/mol. The van der Waals surface area contributed by atoms with Crippen LogP contribution < -0.4 is 0 Å². The molecule has 0 unspecified atom stereocenters. The number of hydrogen-bond acceptors (Lipinski definition) is 3. The second-order valence-corrected chi connectivity index (χ2v) is 4.34. The van der Waals surface area contributed by atoms with Gasteiger partial charge in [-0.15, -0.1) is 0 Å². The summed E-state index contributed by atoms with van der Waals surface area (Å²) in [6.07, 6.45) is 7.49. The predicted octanol–water partition coefficient (Wildman–Crippen LogP) is 2.37. The Bertz CT molecular complexity index is 229. The summed E-state index contributed by atoms with van der Waals surface area (Å²) in [6.45, 7) is 2.23. The maximum Gasteiger partial charge on any atom is 0.325 e. The van der Waals surface area contributed by atoms with Gasteiger partial charge >= 0.3 is 5.97 Å². The van der Waals surface area contributed by atoms with Crippen molar-refractivity contribution >= 4 is 11.9 Å². The number of amides is 1. The lowest BCUT2D eigenvalue weighted by atomic mass is 10.1. The van der Waals surface area contributed by atoms with E-state index in [-0.39, 0.29) is 18.4 Å². The number of rotatable bonds is 9. The molecule has 100 valence electrons. The molecule has 0 aromatic carbocycles. The predicted molar refractivity (Wildman–Crippen MR) is 67.6 cm³/mol. The van der Waals surface area contributed by atoms with E-state index in [0.717, 1.165) is 12.8 Å². The van der Waals surface area contributed by atoms with Crippen molar-refractivity contribution in [3.63, 3.8) is 0 Å². The molecule has 0 spiro atoms. The first kappa shape index (κ1) is 15.9.